The van der Waals surface area contributed by atoms with Gasteiger partial charge in [-0.2, -0.15) is 13.9 Å². The van der Waals surface area contributed by atoms with Crippen LogP contribution in [0.1, 0.15) is 82.0 Å². The fourth-order valence-electron chi connectivity index (χ4n) is 9.44. The number of rotatable bonds is 7. The monoisotopic (exact) mass is 841 g/mol. The third-order valence-corrected chi connectivity index (χ3v) is 13.8. The number of amides is 4. The number of pyridine rings is 1. The first-order valence-corrected chi connectivity index (χ1v) is 21.5. The molecule has 2 aromatic heterocycles. The summed E-state index contributed by atoms with van der Waals surface area (Å²) in [5.74, 6) is -2.02. The van der Waals surface area contributed by atoms with Crippen LogP contribution in [0.2, 0.25) is 0 Å². The summed E-state index contributed by atoms with van der Waals surface area (Å²) >= 11 is 0. The second-order valence-electron chi connectivity index (χ2n) is 16.6. The molecule has 312 valence electrons. The zero-order valence-corrected chi connectivity index (χ0v) is 33.3. The summed E-state index contributed by atoms with van der Waals surface area (Å²) in [6, 6.07) is 13.6. The molecular weight excluding hydrogens is 799 g/mol. The lowest BCUT2D eigenvalue weighted by Crippen LogP contribution is -2.61. The molecule has 4 atom stereocenters. The molecule has 1 saturated carbocycles. The summed E-state index contributed by atoms with van der Waals surface area (Å²) in [5.41, 5.74) is -3.48. The minimum atomic E-state index is -5.87. The molecule has 4 fully saturated rings. The van der Waals surface area contributed by atoms with Crippen LogP contribution >= 0.6 is 7.60 Å². The number of nitrogens with one attached hydrogen (secondary N) is 3. The number of aryl methyl sites for hydroxylation is 1. The van der Waals surface area contributed by atoms with Gasteiger partial charge in [-0.05, 0) is 98.2 Å². The largest absolute Gasteiger partial charge is 0.399 e. The highest BCUT2D eigenvalue weighted by molar-refractivity contribution is 7.52. The average Bonchev–Trinajstić information content (AvgIpc) is 3.50. The van der Waals surface area contributed by atoms with E-state index in [0.717, 1.165) is 36.1 Å². The molecule has 5 aromatic rings. The maximum atomic E-state index is 14.9. The van der Waals surface area contributed by atoms with Crippen molar-refractivity contribution in [3.63, 3.8) is 0 Å². The fraction of sp³-hybridized carbons (Fsp3) is 0.381. The molecule has 1 aliphatic carbocycles. The van der Waals surface area contributed by atoms with E-state index in [2.05, 4.69) is 20.5 Å². The number of aromatic amines is 2. The Balaban J connectivity index is 1.03. The van der Waals surface area contributed by atoms with Crippen LogP contribution in [0, 0.1) is 6.92 Å². The van der Waals surface area contributed by atoms with Crippen LogP contribution in [0.4, 0.5) is 8.78 Å². The van der Waals surface area contributed by atoms with Crippen LogP contribution in [0.3, 0.4) is 0 Å². The summed E-state index contributed by atoms with van der Waals surface area (Å²) in [6.07, 6.45) is 5.15. The van der Waals surface area contributed by atoms with Gasteiger partial charge in [-0.1, -0.05) is 29.8 Å². The maximum absolute atomic E-state index is 14.9. The summed E-state index contributed by atoms with van der Waals surface area (Å²) < 4.78 is 41.0. The first kappa shape index (κ1) is 39.7. The number of fused-ring (bicyclic) bond motifs is 3. The van der Waals surface area contributed by atoms with Crippen LogP contribution in [-0.2, 0) is 19.8 Å². The third-order valence-electron chi connectivity index (χ3n) is 12.8. The first-order chi connectivity index (χ1) is 28.5. The minimum absolute atomic E-state index is 0.0372. The van der Waals surface area contributed by atoms with Crippen molar-refractivity contribution in [3.8, 4) is 0 Å². The predicted octanol–water partition coefficient (Wildman–Crippen LogP) is 4.49. The van der Waals surface area contributed by atoms with Crippen molar-refractivity contribution in [1.29, 1.82) is 0 Å². The van der Waals surface area contributed by atoms with E-state index < -0.39 is 54.7 Å². The summed E-state index contributed by atoms with van der Waals surface area (Å²) in [4.78, 5) is 96.3. The average molecular weight is 842 g/mol. The molecule has 5 N–H and O–H groups in total. The van der Waals surface area contributed by atoms with Crippen LogP contribution in [0.15, 0.2) is 77.7 Å². The number of nitrogens with zero attached hydrogens (tertiary/aromatic N) is 4. The van der Waals surface area contributed by atoms with E-state index in [4.69, 9.17) is 0 Å². The Hall–Kier alpha value is -5.77. The quantitative estimate of drug-likeness (QED) is 0.146. The van der Waals surface area contributed by atoms with Crippen molar-refractivity contribution in [2.75, 3.05) is 19.6 Å². The van der Waals surface area contributed by atoms with E-state index in [-0.39, 0.29) is 52.7 Å². The van der Waals surface area contributed by atoms with Gasteiger partial charge in [0.15, 0.2) is 5.69 Å². The van der Waals surface area contributed by atoms with Crippen LogP contribution in [0.25, 0.3) is 21.7 Å². The van der Waals surface area contributed by atoms with E-state index in [9.17, 15) is 47.1 Å². The Kier molecular flexibility index (Phi) is 9.56. The van der Waals surface area contributed by atoms with Crippen molar-refractivity contribution in [2.45, 2.75) is 80.7 Å². The number of carbonyl (C=O) groups is 4. The van der Waals surface area contributed by atoms with E-state index in [1.807, 2.05) is 36.1 Å². The molecule has 5 heterocycles. The van der Waals surface area contributed by atoms with Gasteiger partial charge >= 0.3 is 13.3 Å². The molecule has 0 bridgehead atoms. The van der Waals surface area contributed by atoms with Gasteiger partial charge in [0.2, 0.25) is 17.4 Å². The third kappa shape index (κ3) is 6.87. The van der Waals surface area contributed by atoms with Gasteiger partial charge < -0.3 is 34.8 Å². The first-order valence-electron chi connectivity index (χ1n) is 19.9. The Bertz CT molecular complexity index is 2710. The van der Waals surface area contributed by atoms with Crippen LogP contribution in [-0.4, -0.2) is 107 Å². The van der Waals surface area contributed by atoms with E-state index in [1.54, 1.807) is 17.2 Å². The number of likely N-dealkylation sites (tertiary alicyclic amines) is 1. The van der Waals surface area contributed by atoms with Gasteiger partial charge in [0.25, 0.3) is 11.8 Å². The van der Waals surface area contributed by atoms with Gasteiger partial charge in [0.1, 0.15) is 12.1 Å². The second kappa shape index (κ2) is 14.5. The van der Waals surface area contributed by atoms with E-state index >= 15 is 0 Å². The lowest BCUT2D eigenvalue weighted by molar-refractivity contribution is -0.148. The zero-order valence-electron chi connectivity index (χ0n) is 32.4. The summed E-state index contributed by atoms with van der Waals surface area (Å²) in [5, 5.41) is 11.1. The minimum Gasteiger partial charge on any atom is -0.339 e. The van der Waals surface area contributed by atoms with Crippen molar-refractivity contribution in [1.82, 2.24) is 35.2 Å². The highest BCUT2D eigenvalue weighted by atomic mass is 31.2. The molecule has 60 heavy (non-hydrogen) atoms. The highest BCUT2D eigenvalue weighted by Crippen LogP contribution is 2.59. The van der Waals surface area contributed by atoms with Gasteiger partial charge in [-0.25, -0.2) is 0 Å². The smallest absolute Gasteiger partial charge is 0.339 e. The van der Waals surface area contributed by atoms with Gasteiger partial charge in [-0.15, -0.1) is 0 Å². The van der Waals surface area contributed by atoms with Crippen molar-refractivity contribution >= 4 is 52.9 Å². The Labute approximate surface area is 341 Å². The molecule has 18 heteroatoms. The highest BCUT2D eigenvalue weighted by Gasteiger charge is 2.59. The molecule has 3 aromatic carbocycles. The van der Waals surface area contributed by atoms with Crippen molar-refractivity contribution in [3.05, 3.63) is 111 Å². The van der Waals surface area contributed by atoms with Gasteiger partial charge in [0, 0.05) is 59.4 Å². The Morgan fingerprint density at radius 3 is 2.48 bits per heavy atom. The lowest BCUT2D eigenvalue weighted by atomic mass is 9.96. The molecule has 0 radical (unpaired) electrons. The number of alkyl halides is 2. The number of benzene rings is 3. The van der Waals surface area contributed by atoms with Crippen molar-refractivity contribution in [2.24, 2.45) is 0 Å². The zero-order chi connectivity index (χ0) is 42.3. The van der Waals surface area contributed by atoms with Crippen molar-refractivity contribution < 1.29 is 42.3 Å². The second-order valence-corrected chi connectivity index (χ2v) is 18.3. The van der Waals surface area contributed by atoms with E-state index in [1.165, 1.54) is 29.2 Å². The molecule has 9 rings (SSSR count). The van der Waals surface area contributed by atoms with Crippen LogP contribution in [0.5, 0.6) is 0 Å². The predicted molar refractivity (Wildman–Crippen MR) is 214 cm³/mol. The molecular formula is C42H42F2N7O8P. The fourth-order valence-corrected chi connectivity index (χ4v) is 9.92. The number of hydrogen-bond acceptors (Lipinski definition) is 7. The number of aromatic nitrogens is 3. The SMILES string of the molecule is Cc1ccc2[nH]nc(C(=O)N3CC[C@H]4CC[C@@H](C(=O)N5CC(c6cc[nH]c(=O)c6)CC56CC6)N4C(=O)[C@@H](NC(=O)c4ccc5ccc(C(F)(F)P(=O)(O)O)cc5c4)C3)c2c1. The molecule has 1 spiro atoms. The maximum Gasteiger partial charge on any atom is 0.399 e. The molecule has 3 saturated heterocycles. The molecule has 1 unspecified atom stereocenters. The summed E-state index contributed by atoms with van der Waals surface area (Å²) in [7, 11) is -5.87. The molecule has 4 amide bonds. The topological polar surface area (TPSA) is 209 Å². The number of carbonyl (C=O) groups excluding carboxylic acids is 4. The number of halogens is 2. The number of hydrogen-bond donors (Lipinski definition) is 5. The molecule has 4 aliphatic rings. The van der Waals surface area contributed by atoms with Crippen LogP contribution < -0.4 is 10.9 Å². The normalized spacial score (nSPS) is 22.9. The standard InChI is InChI=1S/C42H42F2N7O8P/c1-23-2-8-32-31(16-23)36(48-47-32)40(56)49-15-11-30-7-9-34(39(55)50-21-28(20-41(50)12-13-41)25-10-14-45-35(52)19-25)51(30)38(54)33(22-49)46-37(53)26-4-3-24-5-6-29(18-27(24)17-26)42(43,44)60(57,58)59/h2-6,8,10,14,16-19,28,30,33-34H,7,9,11-13,15,20-22H2,1H3,(H,45,52)(H,46,53)(H,47,48)(H2,57,58,59)/t28?,30-,33+,34+/m1/s1. The number of H-pyrrole nitrogens is 2. The van der Waals surface area contributed by atoms with Gasteiger partial charge in [-0.3, -0.25) is 33.6 Å². The summed E-state index contributed by atoms with van der Waals surface area (Å²) in [6.45, 7) is 2.21. The Morgan fingerprint density at radius 1 is 0.950 bits per heavy atom. The Morgan fingerprint density at radius 2 is 1.73 bits per heavy atom. The lowest BCUT2D eigenvalue weighted by Gasteiger charge is -2.40. The molecule has 15 nitrogen and oxygen atoms in total. The van der Waals surface area contributed by atoms with Gasteiger partial charge in [0.05, 0.1) is 12.1 Å². The molecule has 3 aliphatic heterocycles. The van der Waals surface area contributed by atoms with E-state index in [0.29, 0.717) is 48.5 Å².